The smallest absolute Gasteiger partial charge is 0.340 e. The van der Waals surface area contributed by atoms with E-state index in [1.807, 2.05) is 6.92 Å². The number of aryl methyl sites for hydroxylation is 2. The predicted octanol–water partition coefficient (Wildman–Crippen LogP) is 3.64. The van der Waals surface area contributed by atoms with Crippen molar-refractivity contribution >= 4 is 45.1 Å². The van der Waals surface area contributed by atoms with E-state index in [1.54, 1.807) is 36.9 Å². The average Bonchev–Trinajstić information content (AvgIpc) is 2.75. The van der Waals surface area contributed by atoms with E-state index in [9.17, 15) is 9.59 Å². The fourth-order valence-electron chi connectivity index (χ4n) is 2.11. The van der Waals surface area contributed by atoms with Crippen molar-refractivity contribution < 1.29 is 14.3 Å². The zero-order valence-electron chi connectivity index (χ0n) is 13.7. The third-order valence-corrected chi connectivity index (χ3v) is 4.38. The van der Waals surface area contributed by atoms with Gasteiger partial charge in [-0.25, -0.2) is 4.79 Å². The molecule has 24 heavy (non-hydrogen) atoms. The lowest BCUT2D eigenvalue weighted by atomic mass is 10.2. The molecule has 0 spiro atoms. The summed E-state index contributed by atoms with van der Waals surface area (Å²) in [7, 11) is 1.79. The van der Waals surface area contributed by atoms with Crippen molar-refractivity contribution in [1.29, 1.82) is 0 Å². The molecule has 0 saturated heterocycles. The highest BCUT2D eigenvalue weighted by molar-refractivity contribution is 9.10. The highest BCUT2D eigenvalue weighted by Crippen LogP contribution is 2.23. The van der Waals surface area contributed by atoms with E-state index in [1.165, 1.54) is 6.92 Å². The van der Waals surface area contributed by atoms with Gasteiger partial charge in [0.05, 0.1) is 27.7 Å². The topological polar surface area (TPSA) is 73.2 Å². The van der Waals surface area contributed by atoms with Gasteiger partial charge in [0.25, 0.3) is 5.91 Å². The Morgan fingerprint density at radius 1 is 1.38 bits per heavy atom. The second kappa shape index (κ2) is 7.36. The fraction of sp³-hybridized carbons (Fsp3) is 0.312. The van der Waals surface area contributed by atoms with Crippen molar-refractivity contribution in [3.05, 3.63) is 44.6 Å². The first-order chi connectivity index (χ1) is 11.2. The molecule has 0 unspecified atom stereocenters. The van der Waals surface area contributed by atoms with E-state index in [0.717, 1.165) is 5.69 Å². The summed E-state index contributed by atoms with van der Waals surface area (Å²) in [5, 5.41) is 7.22. The van der Waals surface area contributed by atoms with Gasteiger partial charge in [-0.2, -0.15) is 5.10 Å². The van der Waals surface area contributed by atoms with Gasteiger partial charge in [-0.05, 0) is 39.0 Å². The summed E-state index contributed by atoms with van der Waals surface area (Å²) < 4.78 is 7.57. The fourth-order valence-corrected chi connectivity index (χ4v) is 2.67. The Kier molecular flexibility index (Phi) is 5.66. The molecule has 1 amide bonds. The number of ether oxygens (including phenoxy) is 1. The number of hydrogen-bond acceptors (Lipinski definition) is 4. The number of amides is 1. The first kappa shape index (κ1) is 18.5. The first-order valence-corrected chi connectivity index (χ1v) is 8.35. The largest absolute Gasteiger partial charge is 0.449 e. The van der Waals surface area contributed by atoms with Crippen molar-refractivity contribution in [2.75, 3.05) is 5.32 Å². The number of nitrogens with zero attached hydrogens (tertiary/aromatic N) is 2. The van der Waals surface area contributed by atoms with Crippen molar-refractivity contribution in [3.63, 3.8) is 0 Å². The Morgan fingerprint density at radius 2 is 2.04 bits per heavy atom. The van der Waals surface area contributed by atoms with Crippen LogP contribution in [0.1, 0.15) is 28.7 Å². The molecule has 0 aliphatic rings. The molecule has 1 heterocycles. The summed E-state index contributed by atoms with van der Waals surface area (Å²) >= 11 is 9.26. The molecule has 1 atom stereocenters. The highest BCUT2D eigenvalue weighted by atomic mass is 79.9. The van der Waals surface area contributed by atoms with Crippen LogP contribution in [0.5, 0.6) is 0 Å². The van der Waals surface area contributed by atoms with Crippen LogP contribution in [0, 0.1) is 13.8 Å². The molecule has 6 nitrogen and oxygen atoms in total. The van der Waals surface area contributed by atoms with Crippen LogP contribution in [0.25, 0.3) is 0 Å². The van der Waals surface area contributed by atoms with Crippen LogP contribution in [0.2, 0.25) is 5.02 Å². The lowest BCUT2D eigenvalue weighted by Crippen LogP contribution is -2.30. The molecule has 0 radical (unpaired) electrons. The summed E-state index contributed by atoms with van der Waals surface area (Å²) in [6.07, 6.45) is -0.980. The molecule has 1 aromatic carbocycles. The van der Waals surface area contributed by atoms with E-state index >= 15 is 0 Å². The Bertz CT molecular complexity index is 804. The monoisotopic (exact) mass is 413 g/mol. The summed E-state index contributed by atoms with van der Waals surface area (Å²) in [6, 6.07) is 4.84. The summed E-state index contributed by atoms with van der Waals surface area (Å²) in [5.74, 6) is -1.10. The number of hydrogen-bond donors (Lipinski definition) is 1. The number of nitrogens with one attached hydrogen (secondary N) is 1. The standard InChI is InChI=1S/C16H17BrClN3O3/c1-8-14(9(2)21(4)20-8)19-15(22)10(3)24-16(23)12-7-11(17)5-6-13(12)18/h5-7,10H,1-4H3,(H,19,22)/t10-/m0/s1. The third kappa shape index (κ3) is 3.96. The number of aromatic nitrogens is 2. The van der Waals surface area contributed by atoms with Crippen LogP contribution < -0.4 is 5.32 Å². The van der Waals surface area contributed by atoms with Crippen molar-refractivity contribution in [3.8, 4) is 0 Å². The SMILES string of the molecule is Cc1nn(C)c(C)c1NC(=O)[C@H](C)OC(=O)c1cc(Br)ccc1Cl. The van der Waals surface area contributed by atoms with Crippen molar-refractivity contribution in [2.45, 2.75) is 26.9 Å². The molecule has 1 aromatic heterocycles. The van der Waals surface area contributed by atoms with Gasteiger partial charge in [0.15, 0.2) is 6.10 Å². The number of esters is 1. The lowest BCUT2D eigenvalue weighted by Gasteiger charge is -2.14. The van der Waals surface area contributed by atoms with Gasteiger partial charge in [0, 0.05) is 11.5 Å². The molecule has 2 aromatic rings. The molecule has 1 N–H and O–H groups in total. The van der Waals surface area contributed by atoms with Gasteiger partial charge in [-0.1, -0.05) is 27.5 Å². The summed E-state index contributed by atoms with van der Waals surface area (Å²) in [6.45, 7) is 5.13. The van der Waals surface area contributed by atoms with Crippen LogP contribution in [0.15, 0.2) is 22.7 Å². The van der Waals surface area contributed by atoms with Gasteiger partial charge >= 0.3 is 5.97 Å². The maximum absolute atomic E-state index is 12.3. The number of carbonyl (C=O) groups excluding carboxylic acids is 2. The Morgan fingerprint density at radius 3 is 2.62 bits per heavy atom. The van der Waals surface area contributed by atoms with E-state index in [4.69, 9.17) is 16.3 Å². The zero-order chi connectivity index (χ0) is 18.0. The van der Waals surface area contributed by atoms with Gasteiger partial charge in [0.1, 0.15) is 0 Å². The molecule has 0 aliphatic carbocycles. The van der Waals surface area contributed by atoms with Crippen LogP contribution >= 0.6 is 27.5 Å². The number of anilines is 1. The van der Waals surface area contributed by atoms with E-state index in [2.05, 4.69) is 26.3 Å². The minimum Gasteiger partial charge on any atom is -0.449 e. The molecule has 0 aliphatic heterocycles. The molecular formula is C16H17BrClN3O3. The lowest BCUT2D eigenvalue weighted by molar-refractivity contribution is -0.123. The zero-order valence-corrected chi connectivity index (χ0v) is 16.0. The number of carbonyl (C=O) groups is 2. The Balaban J connectivity index is 2.08. The predicted molar refractivity (Wildman–Crippen MR) is 95.3 cm³/mol. The van der Waals surface area contributed by atoms with Crippen molar-refractivity contribution in [2.24, 2.45) is 7.05 Å². The molecular weight excluding hydrogens is 398 g/mol. The van der Waals surface area contributed by atoms with E-state index in [0.29, 0.717) is 15.9 Å². The van der Waals surface area contributed by atoms with Gasteiger partial charge in [-0.15, -0.1) is 0 Å². The van der Waals surface area contributed by atoms with Crippen molar-refractivity contribution in [1.82, 2.24) is 9.78 Å². The van der Waals surface area contributed by atoms with Crippen LogP contribution in [0.3, 0.4) is 0 Å². The highest BCUT2D eigenvalue weighted by Gasteiger charge is 2.22. The second-order valence-electron chi connectivity index (χ2n) is 5.33. The summed E-state index contributed by atoms with van der Waals surface area (Å²) in [4.78, 5) is 24.5. The molecule has 0 bridgehead atoms. The third-order valence-electron chi connectivity index (χ3n) is 3.56. The maximum Gasteiger partial charge on any atom is 0.340 e. The normalized spacial score (nSPS) is 11.9. The first-order valence-electron chi connectivity index (χ1n) is 7.17. The average molecular weight is 415 g/mol. The van der Waals surface area contributed by atoms with Crippen LogP contribution in [0.4, 0.5) is 5.69 Å². The molecule has 0 fully saturated rings. The molecule has 8 heteroatoms. The molecule has 2 rings (SSSR count). The molecule has 0 saturated carbocycles. The Hall–Kier alpha value is -1.86. The number of rotatable bonds is 4. The van der Waals surface area contributed by atoms with Crippen LogP contribution in [-0.4, -0.2) is 27.8 Å². The quantitative estimate of drug-likeness (QED) is 0.775. The van der Waals surface area contributed by atoms with Gasteiger partial charge in [0.2, 0.25) is 0 Å². The second-order valence-corrected chi connectivity index (χ2v) is 6.65. The van der Waals surface area contributed by atoms with E-state index < -0.39 is 18.0 Å². The minimum atomic E-state index is -0.980. The minimum absolute atomic E-state index is 0.194. The summed E-state index contributed by atoms with van der Waals surface area (Å²) in [5.41, 5.74) is 2.32. The number of halogens is 2. The Labute approximate surface area is 153 Å². The number of benzene rings is 1. The van der Waals surface area contributed by atoms with Crippen LogP contribution in [-0.2, 0) is 16.6 Å². The molecule has 128 valence electrons. The van der Waals surface area contributed by atoms with Gasteiger partial charge < -0.3 is 10.1 Å². The van der Waals surface area contributed by atoms with E-state index in [-0.39, 0.29) is 10.6 Å². The van der Waals surface area contributed by atoms with Gasteiger partial charge in [-0.3, -0.25) is 9.48 Å². The maximum atomic E-state index is 12.3.